The molecule has 2 aliphatic rings. The zero-order valence-electron chi connectivity index (χ0n) is 13.0. The number of carbonyl (C=O) groups excluding carboxylic acids is 1. The Bertz CT molecular complexity index is 391. The monoisotopic (exact) mass is 298 g/mol. The normalized spacial score (nSPS) is 29.4. The molecule has 6 nitrogen and oxygen atoms in total. The van der Waals surface area contributed by atoms with Crippen molar-refractivity contribution in [3.05, 3.63) is 0 Å². The number of carboxylic acid groups (broad SMARTS) is 1. The molecule has 0 aromatic heterocycles. The highest BCUT2D eigenvalue weighted by Gasteiger charge is 2.43. The molecule has 2 fully saturated rings. The van der Waals surface area contributed by atoms with E-state index in [0.29, 0.717) is 39.1 Å². The lowest BCUT2D eigenvalue weighted by molar-refractivity contribution is -0.152. The third kappa shape index (κ3) is 3.31. The number of hydrogen-bond acceptors (Lipinski definition) is 3. The number of urea groups is 1. The minimum Gasteiger partial charge on any atom is -0.481 e. The predicted octanol–water partition coefficient (Wildman–Crippen LogP) is 1.79. The van der Waals surface area contributed by atoms with Gasteiger partial charge in [0.1, 0.15) is 0 Å². The van der Waals surface area contributed by atoms with Crippen LogP contribution in [0, 0.1) is 5.41 Å². The SMILES string of the molecule is CCCC1(C(=O)O)CCCN(C(=O)N(C)C2CCOC2)C1. The van der Waals surface area contributed by atoms with Gasteiger partial charge in [-0.25, -0.2) is 4.79 Å². The van der Waals surface area contributed by atoms with Gasteiger partial charge in [0.05, 0.1) is 18.1 Å². The van der Waals surface area contributed by atoms with Crippen molar-refractivity contribution < 1.29 is 19.4 Å². The Balaban J connectivity index is 2.05. The molecular weight excluding hydrogens is 272 g/mol. The van der Waals surface area contributed by atoms with E-state index in [4.69, 9.17) is 4.74 Å². The topological polar surface area (TPSA) is 70.1 Å². The number of rotatable bonds is 4. The number of likely N-dealkylation sites (N-methyl/N-ethyl adjacent to an activating group) is 1. The molecular formula is C15H26N2O4. The molecule has 2 atom stereocenters. The van der Waals surface area contributed by atoms with Crippen molar-refractivity contribution in [1.29, 1.82) is 0 Å². The fourth-order valence-corrected chi connectivity index (χ4v) is 3.47. The van der Waals surface area contributed by atoms with Gasteiger partial charge in [0.2, 0.25) is 0 Å². The summed E-state index contributed by atoms with van der Waals surface area (Å²) in [6, 6.07) is 0.0526. The molecule has 2 heterocycles. The summed E-state index contributed by atoms with van der Waals surface area (Å²) in [5.74, 6) is -0.770. The molecule has 0 aromatic rings. The van der Waals surface area contributed by atoms with Crippen LogP contribution in [0.1, 0.15) is 39.0 Å². The van der Waals surface area contributed by atoms with E-state index in [1.54, 1.807) is 16.8 Å². The highest BCUT2D eigenvalue weighted by Crippen LogP contribution is 2.35. The molecule has 0 bridgehead atoms. The predicted molar refractivity (Wildman–Crippen MR) is 78.2 cm³/mol. The maximum Gasteiger partial charge on any atom is 0.320 e. The molecule has 2 aliphatic heterocycles. The molecule has 0 saturated carbocycles. The largest absolute Gasteiger partial charge is 0.481 e. The minimum atomic E-state index is -0.770. The zero-order valence-corrected chi connectivity index (χ0v) is 13.0. The highest BCUT2D eigenvalue weighted by molar-refractivity contribution is 5.79. The number of nitrogens with zero attached hydrogens (tertiary/aromatic N) is 2. The van der Waals surface area contributed by atoms with Crippen molar-refractivity contribution in [2.45, 2.75) is 45.1 Å². The fraction of sp³-hybridized carbons (Fsp3) is 0.867. The summed E-state index contributed by atoms with van der Waals surface area (Å²) in [5, 5.41) is 9.60. The summed E-state index contributed by atoms with van der Waals surface area (Å²) in [6.45, 7) is 4.24. The summed E-state index contributed by atoms with van der Waals surface area (Å²) in [6.07, 6.45) is 3.72. The average molecular weight is 298 g/mol. The van der Waals surface area contributed by atoms with Crippen molar-refractivity contribution in [2.75, 3.05) is 33.4 Å². The molecule has 1 N–H and O–H groups in total. The van der Waals surface area contributed by atoms with E-state index in [9.17, 15) is 14.7 Å². The number of carbonyl (C=O) groups is 2. The Morgan fingerprint density at radius 2 is 2.24 bits per heavy atom. The van der Waals surface area contributed by atoms with Gasteiger partial charge in [0.25, 0.3) is 0 Å². The van der Waals surface area contributed by atoms with Crippen LogP contribution >= 0.6 is 0 Å². The number of amides is 2. The van der Waals surface area contributed by atoms with Crippen LogP contribution in [-0.4, -0.2) is 66.3 Å². The molecule has 0 radical (unpaired) electrons. The van der Waals surface area contributed by atoms with Gasteiger partial charge in [-0.1, -0.05) is 13.3 Å². The van der Waals surface area contributed by atoms with Crippen LogP contribution in [0.4, 0.5) is 4.79 Å². The van der Waals surface area contributed by atoms with Gasteiger partial charge in [-0.2, -0.15) is 0 Å². The number of hydrogen-bond donors (Lipinski definition) is 1. The Labute approximate surface area is 126 Å². The number of aliphatic carboxylic acids is 1. The lowest BCUT2D eigenvalue weighted by Crippen LogP contribution is -2.54. The lowest BCUT2D eigenvalue weighted by atomic mass is 9.76. The van der Waals surface area contributed by atoms with Crippen molar-refractivity contribution in [3.8, 4) is 0 Å². The summed E-state index contributed by atoms with van der Waals surface area (Å²) in [4.78, 5) is 27.7. The molecule has 2 unspecified atom stereocenters. The Morgan fingerprint density at radius 1 is 1.48 bits per heavy atom. The van der Waals surface area contributed by atoms with Gasteiger partial charge in [-0.3, -0.25) is 4.79 Å². The molecule has 0 spiro atoms. The average Bonchev–Trinajstić information content (AvgIpc) is 3.00. The van der Waals surface area contributed by atoms with Gasteiger partial charge in [0, 0.05) is 26.7 Å². The first kappa shape index (κ1) is 16.1. The van der Waals surface area contributed by atoms with Crippen LogP contribution < -0.4 is 0 Å². The van der Waals surface area contributed by atoms with Crippen LogP contribution in [-0.2, 0) is 9.53 Å². The minimum absolute atomic E-state index is 0.0630. The Morgan fingerprint density at radius 3 is 2.81 bits per heavy atom. The van der Waals surface area contributed by atoms with E-state index in [-0.39, 0.29) is 12.1 Å². The smallest absolute Gasteiger partial charge is 0.320 e. The third-order valence-corrected chi connectivity index (χ3v) is 4.78. The van der Waals surface area contributed by atoms with E-state index >= 15 is 0 Å². The van der Waals surface area contributed by atoms with E-state index in [1.165, 1.54) is 0 Å². The second-order valence-corrected chi connectivity index (χ2v) is 6.27. The summed E-state index contributed by atoms with van der Waals surface area (Å²) < 4.78 is 5.33. The van der Waals surface area contributed by atoms with Gasteiger partial charge in [0.15, 0.2) is 0 Å². The first-order valence-corrected chi connectivity index (χ1v) is 7.83. The zero-order chi connectivity index (χ0) is 15.5. The second kappa shape index (κ2) is 6.64. The molecule has 2 saturated heterocycles. The van der Waals surface area contributed by atoms with Crippen LogP contribution in [0.25, 0.3) is 0 Å². The first-order chi connectivity index (χ1) is 10.00. The second-order valence-electron chi connectivity index (χ2n) is 6.27. The number of ether oxygens (including phenoxy) is 1. The molecule has 2 rings (SSSR count). The molecule has 6 heteroatoms. The van der Waals surface area contributed by atoms with Gasteiger partial charge >= 0.3 is 12.0 Å². The maximum absolute atomic E-state index is 12.6. The van der Waals surface area contributed by atoms with Gasteiger partial charge in [-0.15, -0.1) is 0 Å². The van der Waals surface area contributed by atoms with Crippen molar-refractivity contribution >= 4 is 12.0 Å². The quantitative estimate of drug-likeness (QED) is 0.859. The van der Waals surface area contributed by atoms with E-state index in [0.717, 1.165) is 19.3 Å². The molecule has 120 valence electrons. The summed E-state index contributed by atoms with van der Waals surface area (Å²) in [5.41, 5.74) is -0.768. The van der Waals surface area contributed by atoms with Crippen LogP contribution in [0.5, 0.6) is 0 Å². The van der Waals surface area contributed by atoms with Crippen molar-refractivity contribution in [1.82, 2.24) is 9.80 Å². The molecule has 0 aromatic carbocycles. The molecule has 0 aliphatic carbocycles. The van der Waals surface area contributed by atoms with E-state index < -0.39 is 11.4 Å². The van der Waals surface area contributed by atoms with Gasteiger partial charge in [-0.05, 0) is 25.7 Å². The first-order valence-electron chi connectivity index (χ1n) is 7.83. The summed E-state index contributed by atoms with van der Waals surface area (Å²) >= 11 is 0. The van der Waals surface area contributed by atoms with Gasteiger partial charge < -0.3 is 19.6 Å². The standard InChI is InChI=1S/C15H26N2O4/c1-3-6-15(13(18)19)7-4-8-17(11-15)14(20)16(2)12-5-9-21-10-12/h12H,3-11H2,1-2H3,(H,18,19). The fourth-order valence-electron chi connectivity index (χ4n) is 3.47. The van der Waals surface area contributed by atoms with Crippen LogP contribution in [0.15, 0.2) is 0 Å². The Hall–Kier alpha value is -1.30. The van der Waals surface area contributed by atoms with Crippen LogP contribution in [0.2, 0.25) is 0 Å². The summed E-state index contributed by atoms with van der Waals surface area (Å²) in [7, 11) is 1.79. The van der Waals surface area contributed by atoms with Crippen LogP contribution in [0.3, 0.4) is 0 Å². The molecule has 21 heavy (non-hydrogen) atoms. The third-order valence-electron chi connectivity index (χ3n) is 4.78. The van der Waals surface area contributed by atoms with E-state index in [2.05, 4.69) is 0 Å². The van der Waals surface area contributed by atoms with Crippen molar-refractivity contribution in [2.24, 2.45) is 5.41 Å². The lowest BCUT2D eigenvalue weighted by Gasteiger charge is -2.42. The number of piperidine rings is 1. The maximum atomic E-state index is 12.6. The van der Waals surface area contributed by atoms with E-state index in [1.807, 2.05) is 6.92 Å². The highest BCUT2D eigenvalue weighted by atomic mass is 16.5. The van der Waals surface area contributed by atoms with Crippen molar-refractivity contribution in [3.63, 3.8) is 0 Å². The molecule has 2 amide bonds. The number of likely N-dealkylation sites (tertiary alicyclic amines) is 1. The number of carboxylic acids is 1. The Kier molecular flexibility index (Phi) is 5.08.